The highest BCUT2D eigenvalue weighted by molar-refractivity contribution is 9.10. The second-order valence-corrected chi connectivity index (χ2v) is 4.00. The van der Waals surface area contributed by atoms with Crippen LogP contribution in [0.15, 0.2) is 22.7 Å². The van der Waals surface area contributed by atoms with Crippen molar-refractivity contribution >= 4 is 21.6 Å². The lowest BCUT2D eigenvalue weighted by Gasteiger charge is -2.07. The lowest BCUT2D eigenvalue weighted by molar-refractivity contribution is 0.129. The molecule has 3 N–H and O–H groups in total. The van der Waals surface area contributed by atoms with Gasteiger partial charge in [0.1, 0.15) is 0 Å². The van der Waals surface area contributed by atoms with Gasteiger partial charge < -0.3 is 10.2 Å². The van der Waals surface area contributed by atoms with Crippen LogP contribution in [0.5, 0.6) is 0 Å². The van der Waals surface area contributed by atoms with E-state index in [1.54, 1.807) is 0 Å². The highest BCUT2D eigenvalue weighted by Crippen LogP contribution is 2.31. The number of hydrogen-bond donors (Lipinski definition) is 2. The number of nitrogens with one attached hydrogen (secondary N) is 1. The van der Waals surface area contributed by atoms with Gasteiger partial charge in [-0.2, -0.15) is 0 Å². The van der Waals surface area contributed by atoms with Gasteiger partial charge in [-0.15, -0.1) is 0 Å². The summed E-state index contributed by atoms with van der Waals surface area (Å²) in [5.74, 6) is 5.03. The van der Waals surface area contributed by atoms with E-state index >= 15 is 0 Å². The van der Waals surface area contributed by atoms with E-state index in [2.05, 4.69) is 32.2 Å². The molecule has 0 fully saturated rings. The molecule has 0 radical (unpaired) electrons. The van der Waals surface area contributed by atoms with Crippen molar-refractivity contribution in [2.75, 3.05) is 11.9 Å². The quantitative estimate of drug-likeness (QED) is 0.777. The first-order chi connectivity index (χ1) is 6.31. The fourth-order valence-corrected chi connectivity index (χ4v) is 2.16. The molecule has 13 heavy (non-hydrogen) atoms. The Labute approximate surface area is 85.3 Å². The summed E-state index contributed by atoms with van der Waals surface area (Å²) in [5, 5.41) is 3.34. The van der Waals surface area contributed by atoms with Crippen LogP contribution in [0.1, 0.15) is 5.56 Å². The predicted molar refractivity (Wildman–Crippen MR) is 55.4 cm³/mol. The summed E-state index contributed by atoms with van der Waals surface area (Å²) in [6, 6.07) is 6.43. The van der Waals surface area contributed by atoms with Gasteiger partial charge in [-0.25, -0.2) is 5.90 Å². The molecule has 1 heterocycles. The van der Waals surface area contributed by atoms with E-state index in [-0.39, 0.29) is 0 Å². The van der Waals surface area contributed by atoms with E-state index in [0.717, 1.165) is 10.9 Å². The maximum absolute atomic E-state index is 5.03. The summed E-state index contributed by atoms with van der Waals surface area (Å²) in [4.78, 5) is 4.62. The Hall–Kier alpha value is -0.580. The molecule has 0 bridgehead atoms. The van der Waals surface area contributed by atoms with Crippen molar-refractivity contribution in [2.45, 2.75) is 12.5 Å². The van der Waals surface area contributed by atoms with Crippen LogP contribution >= 0.6 is 15.9 Å². The van der Waals surface area contributed by atoms with Crippen molar-refractivity contribution in [3.8, 4) is 0 Å². The third-order valence-corrected chi connectivity index (χ3v) is 2.97. The van der Waals surface area contributed by atoms with E-state index in [4.69, 9.17) is 5.90 Å². The van der Waals surface area contributed by atoms with Crippen LogP contribution < -0.4 is 11.2 Å². The van der Waals surface area contributed by atoms with Crippen molar-refractivity contribution in [2.24, 2.45) is 5.90 Å². The predicted octanol–water partition coefficient (Wildman–Crippen LogP) is 1.68. The Kier molecular flexibility index (Phi) is 2.53. The number of benzene rings is 1. The molecular formula is C9H11BrN2O. The Bertz CT molecular complexity index is 316. The number of hydrogen-bond acceptors (Lipinski definition) is 3. The molecule has 1 aromatic carbocycles. The molecule has 1 aliphatic heterocycles. The van der Waals surface area contributed by atoms with Gasteiger partial charge in [0, 0.05) is 10.2 Å². The SMILES string of the molecule is NOCC1Cc2c(Br)cccc2N1. The van der Waals surface area contributed by atoms with E-state index in [1.807, 2.05) is 12.1 Å². The Morgan fingerprint density at radius 3 is 3.15 bits per heavy atom. The lowest BCUT2D eigenvalue weighted by Crippen LogP contribution is -2.24. The summed E-state index contributed by atoms with van der Waals surface area (Å²) in [6.45, 7) is 0.543. The van der Waals surface area contributed by atoms with Gasteiger partial charge in [-0.05, 0) is 24.1 Å². The zero-order valence-electron chi connectivity index (χ0n) is 7.09. The minimum atomic E-state index is 0.304. The highest BCUT2D eigenvalue weighted by Gasteiger charge is 2.21. The molecule has 1 atom stereocenters. The van der Waals surface area contributed by atoms with E-state index in [1.165, 1.54) is 11.3 Å². The molecule has 0 spiro atoms. The summed E-state index contributed by atoms with van der Waals surface area (Å²) in [6.07, 6.45) is 0.966. The summed E-state index contributed by atoms with van der Waals surface area (Å²) >= 11 is 3.51. The van der Waals surface area contributed by atoms with Crippen LogP contribution in [0.4, 0.5) is 5.69 Å². The summed E-state index contributed by atoms with van der Waals surface area (Å²) in [5.41, 5.74) is 2.49. The molecule has 4 heteroatoms. The largest absolute Gasteiger partial charge is 0.379 e. The van der Waals surface area contributed by atoms with Crippen LogP contribution in [-0.4, -0.2) is 12.6 Å². The molecule has 0 saturated heterocycles. The smallest absolute Gasteiger partial charge is 0.0883 e. The van der Waals surface area contributed by atoms with Crippen LogP contribution in [0.3, 0.4) is 0 Å². The standard InChI is InChI=1S/C9H11BrN2O/c10-8-2-1-3-9-7(8)4-6(12-9)5-13-11/h1-3,6,12H,4-5,11H2. The molecule has 3 nitrogen and oxygen atoms in total. The van der Waals surface area contributed by atoms with E-state index < -0.39 is 0 Å². The topological polar surface area (TPSA) is 47.3 Å². The number of halogens is 1. The first-order valence-electron chi connectivity index (χ1n) is 4.17. The third kappa shape index (κ3) is 1.70. The Morgan fingerprint density at radius 1 is 1.62 bits per heavy atom. The van der Waals surface area contributed by atoms with Gasteiger partial charge in [-0.1, -0.05) is 22.0 Å². The molecule has 2 rings (SSSR count). The second kappa shape index (κ2) is 3.65. The van der Waals surface area contributed by atoms with Gasteiger partial charge in [0.05, 0.1) is 12.6 Å². The van der Waals surface area contributed by atoms with Gasteiger partial charge >= 0.3 is 0 Å². The van der Waals surface area contributed by atoms with Crippen molar-refractivity contribution in [1.82, 2.24) is 0 Å². The zero-order valence-corrected chi connectivity index (χ0v) is 8.67. The molecule has 0 aliphatic carbocycles. The first-order valence-corrected chi connectivity index (χ1v) is 4.96. The number of rotatable bonds is 2. The van der Waals surface area contributed by atoms with Crippen molar-refractivity contribution in [3.05, 3.63) is 28.2 Å². The fraction of sp³-hybridized carbons (Fsp3) is 0.333. The fourth-order valence-electron chi connectivity index (χ4n) is 1.64. The van der Waals surface area contributed by atoms with Crippen LogP contribution in [0.2, 0.25) is 0 Å². The number of nitrogens with two attached hydrogens (primary N) is 1. The normalized spacial score (nSPS) is 19.7. The minimum Gasteiger partial charge on any atom is -0.379 e. The molecule has 1 unspecified atom stereocenters. The van der Waals surface area contributed by atoms with Gasteiger partial charge in [0.25, 0.3) is 0 Å². The molecule has 70 valence electrons. The first kappa shape index (κ1) is 8.99. The summed E-state index contributed by atoms with van der Waals surface area (Å²) in [7, 11) is 0. The third-order valence-electron chi connectivity index (χ3n) is 2.23. The highest BCUT2D eigenvalue weighted by atomic mass is 79.9. The van der Waals surface area contributed by atoms with Crippen LogP contribution in [0.25, 0.3) is 0 Å². The van der Waals surface area contributed by atoms with Crippen molar-refractivity contribution in [1.29, 1.82) is 0 Å². The van der Waals surface area contributed by atoms with Gasteiger partial charge in [0.2, 0.25) is 0 Å². The maximum Gasteiger partial charge on any atom is 0.0883 e. The van der Waals surface area contributed by atoms with Crippen LogP contribution in [0, 0.1) is 0 Å². The average Bonchev–Trinajstić information content (AvgIpc) is 2.49. The maximum atomic E-state index is 5.03. The van der Waals surface area contributed by atoms with Crippen molar-refractivity contribution < 1.29 is 4.84 Å². The van der Waals surface area contributed by atoms with E-state index in [9.17, 15) is 0 Å². The number of fused-ring (bicyclic) bond motifs is 1. The minimum absolute atomic E-state index is 0.304. The van der Waals surface area contributed by atoms with Crippen molar-refractivity contribution in [3.63, 3.8) is 0 Å². The lowest BCUT2D eigenvalue weighted by atomic mass is 10.1. The molecule has 0 amide bonds. The molecule has 0 saturated carbocycles. The summed E-state index contributed by atoms with van der Waals surface area (Å²) < 4.78 is 1.15. The number of anilines is 1. The molecule has 0 aromatic heterocycles. The Morgan fingerprint density at radius 2 is 2.46 bits per heavy atom. The molecule has 1 aliphatic rings. The zero-order chi connectivity index (χ0) is 9.26. The molecular weight excluding hydrogens is 232 g/mol. The van der Waals surface area contributed by atoms with Gasteiger partial charge in [0.15, 0.2) is 0 Å². The van der Waals surface area contributed by atoms with Gasteiger partial charge in [-0.3, -0.25) is 0 Å². The average molecular weight is 243 g/mol. The van der Waals surface area contributed by atoms with E-state index in [0.29, 0.717) is 12.6 Å². The Balaban J connectivity index is 2.20. The second-order valence-electron chi connectivity index (χ2n) is 3.14. The monoisotopic (exact) mass is 242 g/mol. The van der Waals surface area contributed by atoms with Crippen LogP contribution in [-0.2, 0) is 11.3 Å². The molecule has 1 aromatic rings.